The van der Waals surface area contributed by atoms with Crippen molar-refractivity contribution in [1.82, 2.24) is 4.90 Å². The van der Waals surface area contributed by atoms with Crippen LogP contribution < -0.4 is 4.90 Å². The highest BCUT2D eigenvalue weighted by atomic mass is 15.3. The van der Waals surface area contributed by atoms with Crippen LogP contribution in [0.5, 0.6) is 0 Å². The van der Waals surface area contributed by atoms with Crippen molar-refractivity contribution in [2.75, 3.05) is 4.90 Å². The highest BCUT2D eigenvalue weighted by Crippen LogP contribution is 2.58. The van der Waals surface area contributed by atoms with E-state index in [1.165, 1.54) is 108 Å². The Labute approximate surface area is 362 Å². The van der Waals surface area contributed by atoms with Crippen LogP contribution in [-0.2, 0) is 0 Å². The van der Waals surface area contributed by atoms with Crippen LogP contribution in [0, 0.1) is 64.1 Å². The molecule has 0 N–H and O–H groups in total. The molecule has 0 bridgehead atoms. The summed E-state index contributed by atoms with van der Waals surface area (Å²) >= 11 is 0. The van der Waals surface area contributed by atoms with E-state index in [1.807, 2.05) is 16.7 Å². The van der Waals surface area contributed by atoms with Gasteiger partial charge in [0.2, 0.25) is 0 Å². The molecule has 0 amide bonds. The van der Waals surface area contributed by atoms with Crippen molar-refractivity contribution in [3.8, 4) is 6.07 Å². The molecule has 1 saturated heterocycles. The quantitative estimate of drug-likeness (QED) is 0.269. The summed E-state index contributed by atoms with van der Waals surface area (Å²) in [5.41, 5.74) is 10.5. The molecule has 1 aromatic carbocycles. The van der Waals surface area contributed by atoms with Gasteiger partial charge in [-0.2, -0.15) is 5.26 Å². The van der Waals surface area contributed by atoms with Gasteiger partial charge in [-0.3, -0.25) is 0 Å². The molecule has 1 saturated carbocycles. The first kappa shape index (κ1) is 39.1. The Morgan fingerprint density at radius 3 is 2.48 bits per heavy atom. The number of anilines is 1. The lowest BCUT2D eigenvalue weighted by Crippen LogP contribution is -2.47. The molecule has 11 unspecified atom stereocenters. The third-order valence-electron chi connectivity index (χ3n) is 18.4. The highest BCUT2D eigenvalue weighted by molar-refractivity contribution is 5.65. The summed E-state index contributed by atoms with van der Waals surface area (Å²) < 4.78 is 0. The number of likely N-dealkylation sites (tertiary alicyclic amines) is 1. The van der Waals surface area contributed by atoms with Crippen LogP contribution in [-0.4, -0.2) is 29.1 Å². The number of rotatable bonds is 6. The molecule has 11 rings (SSSR count). The number of hydrogen-bond acceptors (Lipinski definition) is 3. The number of fused-ring (bicyclic) bond motifs is 6. The summed E-state index contributed by atoms with van der Waals surface area (Å²) in [7, 11) is 0. The highest BCUT2D eigenvalue weighted by Gasteiger charge is 2.56. The van der Waals surface area contributed by atoms with Gasteiger partial charge in [0, 0.05) is 52.6 Å². The molecule has 8 aliphatic carbocycles. The molecule has 2 aliphatic heterocycles. The van der Waals surface area contributed by atoms with E-state index in [4.69, 9.17) is 0 Å². The van der Waals surface area contributed by atoms with Crippen LogP contribution in [0.15, 0.2) is 120 Å². The first-order chi connectivity index (χ1) is 29.5. The topological polar surface area (TPSA) is 30.3 Å². The molecule has 60 heavy (non-hydrogen) atoms. The average Bonchev–Trinajstić information content (AvgIpc) is 3.78. The Hall–Kier alpha value is -3.77. The van der Waals surface area contributed by atoms with E-state index in [2.05, 4.69) is 127 Å². The Bertz CT molecular complexity index is 2090. The lowest BCUT2D eigenvalue weighted by Gasteiger charge is -2.47. The second kappa shape index (κ2) is 16.2. The van der Waals surface area contributed by atoms with E-state index in [1.54, 1.807) is 11.3 Å². The van der Waals surface area contributed by atoms with Crippen LogP contribution in [0.25, 0.3) is 0 Å². The minimum absolute atomic E-state index is 0.129. The predicted octanol–water partition coefficient (Wildman–Crippen LogP) is 13.9. The second-order valence-corrected chi connectivity index (χ2v) is 21.4. The summed E-state index contributed by atoms with van der Waals surface area (Å²) in [5, 5.41) is 9.75. The number of para-hydroxylation sites is 1. The van der Waals surface area contributed by atoms with Gasteiger partial charge in [-0.15, -0.1) is 0 Å². The molecule has 12 atom stereocenters. The largest absolute Gasteiger partial charge is 0.364 e. The summed E-state index contributed by atoms with van der Waals surface area (Å²) in [6, 6.07) is 14.1. The van der Waals surface area contributed by atoms with Crippen LogP contribution in [0.2, 0.25) is 0 Å². The van der Waals surface area contributed by atoms with Crippen LogP contribution in [0.3, 0.4) is 0 Å². The smallest absolute Gasteiger partial charge is 0.0655 e. The fourth-order valence-corrected chi connectivity index (χ4v) is 15.7. The van der Waals surface area contributed by atoms with Gasteiger partial charge in [-0.25, -0.2) is 0 Å². The molecule has 1 aromatic rings. The summed E-state index contributed by atoms with van der Waals surface area (Å²) in [5.74, 6) is 5.25. The zero-order chi connectivity index (χ0) is 40.4. The van der Waals surface area contributed by atoms with E-state index in [9.17, 15) is 5.26 Å². The third-order valence-corrected chi connectivity index (χ3v) is 18.4. The second-order valence-electron chi connectivity index (χ2n) is 21.4. The SMILES string of the molecule is CC1CCCC(C2CC(N3C4CCC=CC4C4(C)C=CC=CC34)=CC(N3c4ccccc4C4C=CCCC43)C2)=C1[C@@H]1CCCC=C1C1CCC=CC1C1CCC(C#N)CC1. The number of nitrogens with zero attached hydrogens (tertiary/aromatic N) is 3. The number of hydrogen-bond donors (Lipinski definition) is 0. The molecule has 3 nitrogen and oxygen atoms in total. The molecule has 2 fully saturated rings. The zero-order valence-electron chi connectivity index (χ0n) is 36.8. The summed E-state index contributed by atoms with van der Waals surface area (Å²) in [6.45, 7) is 5.21. The molecule has 314 valence electrons. The summed E-state index contributed by atoms with van der Waals surface area (Å²) in [6.07, 6.45) is 53.3. The normalized spacial score (nSPS) is 41.9. The minimum atomic E-state index is 0.129. The number of allylic oxidation sites excluding steroid dienone is 11. The van der Waals surface area contributed by atoms with E-state index in [0.29, 0.717) is 65.6 Å². The van der Waals surface area contributed by atoms with E-state index in [-0.39, 0.29) is 11.3 Å². The van der Waals surface area contributed by atoms with Gasteiger partial charge in [0.05, 0.1) is 18.2 Å². The average molecular weight is 798 g/mol. The minimum Gasteiger partial charge on any atom is -0.364 e. The van der Waals surface area contributed by atoms with Crippen molar-refractivity contribution < 1.29 is 0 Å². The molecular weight excluding hydrogens is 727 g/mol. The van der Waals surface area contributed by atoms with Gasteiger partial charge >= 0.3 is 0 Å². The van der Waals surface area contributed by atoms with E-state index in [0.717, 1.165) is 18.8 Å². The Kier molecular flexibility index (Phi) is 10.5. The monoisotopic (exact) mass is 798 g/mol. The predicted molar refractivity (Wildman–Crippen MR) is 248 cm³/mol. The van der Waals surface area contributed by atoms with Crippen molar-refractivity contribution in [3.63, 3.8) is 0 Å². The van der Waals surface area contributed by atoms with Crippen molar-refractivity contribution >= 4 is 5.69 Å². The molecule has 2 heterocycles. The van der Waals surface area contributed by atoms with Crippen LogP contribution in [0.1, 0.15) is 141 Å². The van der Waals surface area contributed by atoms with Crippen LogP contribution >= 0.6 is 0 Å². The van der Waals surface area contributed by atoms with E-state index < -0.39 is 0 Å². The lowest BCUT2D eigenvalue weighted by atomic mass is 9.60. The number of nitriles is 1. The first-order valence-corrected chi connectivity index (χ1v) is 25.1. The van der Waals surface area contributed by atoms with Gasteiger partial charge in [0.1, 0.15) is 0 Å². The lowest BCUT2D eigenvalue weighted by molar-refractivity contribution is 0.197. The van der Waals surface area contributed by atoms with Crippen molar-refractivity contribution in [3.05, 3.63) is 125 Å². The molecule has 10 aliphatic rings. The zero-order valence-corrected chi connectivity index (χ0v) is 36.8. The Morgan fingerprint density at radius 1 is 0.783 bits per heavy atom. The van der Waals surface area contributed by atoms with Gasteiger partial charge in [-0.1, -0.05) is 116 Å². The number of benzene rings is 1. The molecule has 0 aromatic heterocycles. The third kappa shape index (κ3) is 6.54. The van der Waals surface area contributed by atoms with Gasteiger partial charge in [0.25, 0.3) is 0 Å². The fourth-order valence-electron chi connectivity index (χ4n) is 15.7. The summed E-state index contributed by atoms with van der Waals surface area (Å²) in [4.78, 5) is 5.99. The van der Waals surface area contributed by atoms with Gasteiger partial charge in [-0.05, 0) is 163 Å². The maximum Gasteiger partial charge on any atom is 0.0655 e. The molecular formula is C57H71N3. The molecule has 3 heteroatoms. The fraction of sp³-hybridized carbons (Fsp3) is 0.596. The van der Waals surface area contributed by atoms with Crippen molar-refractivity contribution in [2.45, 2.75) is 160 Å². The van der Waals surface area contributed by atoms with Crippen molar-refractivity contribution in [1.29, 1.82) is 5.26 Å². The van der Waals surface area contributed by atoms with E-state index >= 15 is 0 Å². The maximum atomic E-state index is 9.75. The molecule has 0 spiro atoms. The molecule has 0 radical (unpaired) electrons. The van der Waals surface area contributed by atoms with Crippen LogP contribution in [0.4, 0.5) is 5.69 Å². The van der Waals surface area contributed by atoms with Gasteiger partial charge in [0.15, 0.2) is 0 Å². The maximum absolute atomic E-state index is 9.75. The van der Waals surface area contributed by atoms with Crippen molar-refractivity contribution in [2.24, 2.45) is 52.8 Å². The van der Waals surface area contributed by atoms with Gasteiger partial charge < -0.3 is 9.80 Å². The first-order valence-electron chi connectivity index (χ1n) is 25.1. The Balaban J connectivity index is 1.000. The standard InChI is InChI=1S/C57H71N3/c1-38-16-15-23-45(56(38)50-22-6-5-19-47(50)46-18-4-3-17-44(46)40-31-29-39(37-58)30-32-40)41-34-42(59-52-25-10-7-20-48(52)49-21-8-11-26-53(49)59)36-43(35-41)60-54-27-12-9-24-51(54)57(2)33-14-13-28-55(57)60/h3,7-10,13-14,17,19-21,24-25,28,33,36,38-42,44,46,49-51,53-55H,4-6,11-12,15-16,18,22-23,26-27,29-32,34-35H2,1-2H3/t38?,39?,40?,41?,42?,44?,46?,49?,50-,51?,53?,54?,55?,57?/m1/s1. The Morgan fingerprint density at radius 2 is 1.60 bits per heavy atom.